The zero-order valence-electron chi connectivity index (χ0n) is 23.6. The summed E-state index contributed by atoms with van der Waals surface area (Å²) in [5.74, 6) is -0.530. The second kappa shape index (κ2) is 13.3. The van der Waals surface area contributed by atoms with E-state index in [0.717, 1.165) is 19.6 Å². The predicted molar refractivity (Wildman–Crippen MR) is 152 cm³/mol. The van der Waals surface area contributed by atoms with E-state index < -0.39 is 29.8 Å². The Morgan fingerprint density at radius 3 is 2.33 bits per heavy atom. The summed E-state index contributed by atoms with van der Waals surface area (Å²) >= 11 is 0. The highest BCUT2D eigenvalue weighted by molar-refractivity contribution is 5.94. The van der Waals surface area contributed by atoms with Gasteiger partial charge in [0.15, 0.2) is 5.69 Å². The van der Waals surface area contributed by atoms with E-state index in [2.05, 4.69) is 27.4 Å². The molecule has 3 heterocycles. The number of hydrogen-bond acceptors (Lipinski definition) is 7. The van der Waals surface area contributed by atoms with Crippen molar-refractivity contribution in [3.63, 3.8) is 0 Å². The maximum Gasteiger partial charge on any atom is 0.435 e. The highest BCUT2D eigenvalue weighted by atomic mass is 19.4. The number of nitrogens with zero attached hydrogens (tertiary/aromatic N) is 4. The standard InChI is InChI=1S/C31H32F3N5O4/c1-42-30(41)27(38-17-15-37(16-18-38)20-22-7-3-2-4-8-22)19-35-29(40)23-10-12-24(13-11-23)43-21-25-26-9-5-6-14-39(26)36-28(25)31(32,33)34/h2-14,27H,15-21H2,1H3,(H,35,40). The Morgan fingerprint density at radius 2 is 1.65 bits per heavy atom. The van der Waals surface area contributed by atoms with Crippen LogP contribution in [0.4, 0.5) is 13.2 Å². The minimum absolute atomic E-state index is 0.0669. The lowest BCUT2D eigenvalue weighted by molar-refractivity contribution is -0.147. The first-order valence-corrected chi connectivity index (χ1v) is 13.9. The molecule has 1 atom stereocenters. The molecule has 226 valence electrons. The molecule has 1 saturated heterocycles. The molecule has 1 unspecified atom stereocenters. The summed E-state index contributed by atoms with van der Waals surface area (Å²) in [6, 6.07) is 20.4. The van der Waals surface area contributed by atoms with Crippen molar-refractivity contribution >= 4 is 17.4 Å². The molecule has 43 heavy (non-hydrogen) atoms. The van der Waals surface area contributed by atoms with Crippen LogP contribution in [-0.2, 0) is 28.9 Å². The minimum Gasteiger partial charge on any atom is -0.489 e. The van der Waals surface area contributed by atoms with Crippen LogP contribution in [0.3, 0.4) is 0 Å². The number of halogens is 3. The summed E-state index contributed by atoms with van der Waals surface area (Å²) in [6.45, 7) is 3.39. The topological polar surface area (TPSA) is 88.4 Å². The molecular formula is C31H32F3N5O4. The molecule has 12 heteroatoms. The summed E-state index contributed by atoms with van der Waals surface area (Å²) in [6.07, 6.45) is -3.19. The van der Waals surface area contributed by atoms with Crippen LogP contribution >= 0.6 is 0 Å². The van der Waals surface area contributed by atoms with Gasteiger partial charge in [0.2, 0.25) is 0 Å². The highest BCUT2D eigenvalue weighted by Gasteiger charge is 2.38. The minimum atomic E-state index is -4.63. The third-order valence-corrected chi connectivity index (χ3v) is 7.44. The predicted octanol–water partition coefficient (Wildman–Crippen LogP) is 4.02. The van der Waals surface area contributed by atoms with Gasteiger partial charge in [-0.3, -0.25) is 19.4 Å². The van der Waals surface area contributed by atoms with Crippen molar-refractivity contribution in [2.75, 3.05) is 39.8 Å². The third kappa shape index (κ3) is 7.33. The fraction of sp³-hybridized carbons (Fsp3) is 0.323. The summed E-state index contributed by atoms with van der Waals surface area (Å²) in [7, 11) is 1.33. The summed E-state index contributed by atoms with van der Waals surface area (Å²) in [5, 5.41) is 6.47. The number of ether oxygens (including phenoxy) is 2. The number of aromatic nitrogens is 2. The van der Waals surface area contributed by atoms with E-state index in [-0.39, 0.29) is 18.7 Å². The molecule has 4 aromatic rings. The van der Waals surface area contributed by atoms with Crippen molar-refractivity contribution in [2.45, 2.75) is 25.4 Å². The molecule has 2 aromatic heterocycles. The summed E-state index contributed by atoms with van der Waals surface area (Å²) in [4.78, 5) is 29.8. The molecule has 0 saturated carbocycles. The van der Waals surface area contributed by atoms with E-state index in [0.29, 0.717) is 29.9 Å². The van der Waals surface area contributed by atoms with Crippen molar-refractivity contribution in [2.24, 2.45) is 0 Å². The van der Waals surface area contributed by atoms with Crippen molar-refractivity contribution in [3.8, 4) is 5.75 Å². The molecule has 1 amide bonds. The maximum absolute atomic E-state index is 13.6. The number of methoxy groups -OCH3 is 1. The molecule has 0 aliphatic carbocycles. The number of carbonyl (C=O) groups excluding carboxylic acids is 2. The van der Waals surface area contributed by atoms with Crippen LogP contribution in [0.1, 0.15) is 27.2 Å². The van der Waals surface area contributed by atoms with Crippen molar-refractivity contribution in [1.29, 1.82) is 0 Å². The number of esters is 1. The lowest BCUT2D eigenvalue weighted by atomic mass is 10.1. The van der Waals surface area contributed by atoms with Crippen molar-refractivity contribution in [1.82, 2.24) is 24.7 Å². The number of alkyl halides is 3. The van der Waals surface area contributed by atoms with Gasteiger partial charge in [-0.1, -0.05) is 36.4 Å². The number of fused-ring (bicyclic) bond motifs is 1. The quantitative estimate of drug-likeness (QED) is 0.277. The first kappa shape index (κ1) is 30.1. The number of pyridine rings is 1. The Morgan fingerprint density at radius 1 is 0.953 bits per heavy atom. The molecule has 1 N–H and O–H groups in total. The normalized spacial score (nSPS) is 15.3. The van der Waals surface area contributed by atoms with Crippen LogP contribution < -0.4 is 10.1 Å². The average Bonchev–Trinajstić information content (AvgIpc) is 3.41. The van der Waals surface area contributed by atoms with Gasteiger partial charge in [0.25, 0.3) is 5.91 Å². The Balaban J connectivity index is 1.16. The van der Waals surface area contributed by atoms with Crippen LogP contribution in [0.25, 0.3) is 5.52 Å². The number of piperazine rings is 1. The lowest BCUT2D eigenvalue weighted by Gasteiger charge is -2.38. The van der Waals surface area contributed by atoms with Gasteiger partial charge in [0.1, 0.15) is 18.4 Å². The van der Waals surface area contributed by atoms with E-state index in [9.17, 15) is 22.8 Å². The van der Waals surface area contributed by atoms with Crippen LogP contribution in [0.2, 0.25) is 0 Å². The van der Waals surface area contributed by atoms with Crippen LogP contribution in [0.15, 0.2) is 79.0 Å². The van der Waals surface area contributed by atoms with Gasteiger partial charge < -0.3 is 14.8 Å². The van der Waals surface area contributed by atoms with Gasteiger partial charge in [-0.05, 0) is 42.0 Å². The van der Waals surface area contributed by atoms with Crippen molar-refractivity contribution < 1.29 is 32.2 Å². The van der Waals surface area contributed by atoms with E-state index in [1.807, 2.05) is 23.1 Å². The Hall–Kier alpha value is -4.42. The van der Waals surface area contributed by atoms with Gasteiger partial charge in [0.05, 0.1) is 12.6 Å². The number of nitrogens with one attached hydrogen (secondary N) is 1. The maximum atomic E-state index is 13.6. The second-order valence-electron chi connectivity index (χ2n) is 10.2. The van der Waals surface area contributed by atoms with E-state index in [1.165, 1.54) is 47.7 Å². The lowest BCUT2D eigenvalue weighted by Crippen LogP contribution is -2.56. The van der Waals surface area contributed by atoms with Gasteiger partial charge in [-0.15, -0.1) is 0 Å². The molecule has 1 fully saturated rings. The van der Waals surface area contributed by atoms with Gasteiger partial charge >= 0.3 is 12.1 Å². The molecule has 9 nitrogen and oxygen atoms in total. The van der Waals surface area contributed by atoms with Gasteiger partial charge in [-0.2, -0.15) is 18.3 Å². The zero-order valence-corrected chi connectivity index (χ0v) is 23.6. The molecule has 1 aliphatic heterocycles. The zero-order chi connectivity index (χ0) is 30.4. The summed E-state index contributed by atoms with van der Waals surface area (Å²) < 4.78 is 52.5. The molecule has 1 aliphatic rings. The largest absolute Gasteiger partial charge is 0.489 e. The van der Waals surface area contributed by atoms with Gasteiger partial charge in [0, 0.05) is 56.6 Å². The molecule has 2 aromatic carbocycles. The van der Waals surface area contributed by atoms with E-state index in [1.54, 1.807) is 18.2 Å². The highest BCUT2D eigenvalue weighted by Crippen LogP contribution is 2.33. The monoisotopic (exact) mass is 595 g/mol. The number of rotatable bonds is 10. The molecular weight excluding hydrogens is 563 g/mol. The molecule has 0 spiro atoms. The molecule has 0 bridgehead atoms. The third-order valence-electron chi connectivity index (χ3n) is 7.44. The van der Waals surface area contributed by atoms with Crippen LogP contribution in [0, 0.1) is 0 Å². The number of benzene rings is 2. The Kier molecular flexibility index (Phi) is 9.27. The van der Waals surface area contributed by atoms with E-state index in [4.69, 9.17) is 9.47 Å². The fourth-order valence-corrected chi connectivity index (χ4v) is 5.14. The Bertz CT molecular complexity index is 1530. The average molecular weight is 596 g/mol. The first-order valence-electron chi connectivity index (χ1n) is 13.9. The van der Waals surface area contributed by atoms with E-state index >= 15 is 0 Å². The van der Waals surface area contributed by atoms with Crippen LogP contribution in [0.5, 0.6) is 5.75 Å². The number of hydrogen-bond donors (Lipinski definition) is 1. The van der Waals surface area contributed by atoms with Crippen molar-refractivity contribution in [3.05, 3.63) is 101 Å². The smallest absolute Gasteiger partial charge is 0.435 e. The number of amides is 1. The fourth-order valence-electron chi connectivity index (χ4n) is 5.14. The first-order chi connectivity index (χ1) is 20.7. The van der Waals surface area contributed by atoms with Gasteiger partial charge in [-0.25, -0.2) is 4.52 Å². The van der Waals surface area contributed by atoms with Crippen LogP contribution in [-0.4, -0.2) is 77.2 Å². The summed E-state index contributed by atoms with van der Waals surface area (Å²) in [5.41, 5.74) is 0.752. The SMILES string of the molecule is COC(=O)C(CNC(=O)c1ccc(OCc2c(C(F)(F)F)nn3ccccc23)cc1)N1CCN(Cc2ccccc2)CC1. The number of carbonyl (C=O) groups is 2. The molecule has 5 rings (SSSR count). The second-order valence-corrected chi connectivity index (χ2v) is 10.2. The molecule has 0 radical (unpaired) electrons. The Labute approximate surface area is 246 Å².